The number of rotatable bonds is 5. The van der Waals surface area contributed by atoms with Gasteiger partial charge in [0.2, 0.25) is 0 Å². The summed E-state index contributed by atoms with van der Waals surface area (Å²) in [6, 6.07) is 3.00. The van der Waals surface area contributed by atoms with E-state index in [4.69, 9.17) is 9.15 Å². The van der Waals surface area contributed by atoms with Crippen LogP contribution in [-0.4, -0.2) is 13.7 Å². The number of ether oxygens (including phenoxy) is 1. The molecule has 0 aliphatic heterocycles. The highest BCUT2D eigenvalue weighted by Gasteiger charge is 2.16. The molecule has 0 saturated carbocycles. The average Bonchev–Trinajstić information content (AvgIpc) is 2.66. The summed E-state index contributed by atoms with van der Waals surface area (Å²) in [4.78, 5) is 0. The molecule has 1 aromatic carbocycles. The lowest BCUT2D eigenvalue weighted by Gasteiger charge is -2.02. The maximum absolute atomic E-state index is 13.5. The summed E-state index contributed by atoms with van der Waals surface area (Å²) in [6.45, 7) is 5.80. The van der Waals surface area contributed by atoms with Gasteiger partial charge in [0.25, 0.3) is 0 Å². The lowest BCUT2D eigenvalue weighted by atomic mass is 10.1. The molecule has 3 nitrogen and oxygen atoms in total. The molecular formula is C14H18FNO2. The number of aryl methyl sites for hydroxylation is 1. The molecule has 0 spiro atoms. The Bertz CT molecular complexity index is 548. The summed E-state index contributed by atoms with van der Waals surface area (Å²) in [6.07, 6.45) is 0. The normalized spacial score (nSPS) is 11.3. The lowest BCUT2D eigenvalue weighted by molar-refractivity contribution is 0.183. The van der Waals surface area contributed by atoms with Gasteiger partial charge in [0.1, 0.15) is 17.2 Å². The first kappa shape index (κ1) is 13.1. The zero-order valence-corrected chi connectivity index (χ0v) is 11.0. The van der Waals surface area contributed by atoms with Crippen LogP contribution in [0.1, 0.15) is 23.8 Å². The van der Waals surface area contributed by atoms with E-state index in [1.54, 1.807) is 7.11 Å². The minimum absolute atomic E-state index is 0.242. The summed E-state index contributed by atoms with van der Waals surface area (Å²) < 4.78 is 24.5. The Morgan fingerprint density at radius 3 is 2.83 bits per heavy atom. The highest BCUT2D eigenvalue weighted by atomic mass is 19.1. The van der Waals surface area contributed by atoms with Crippen LogP contribution in [0.2, 0.25) is 0 Å². The van der Waals surface area contributed by atoms with Crippen molar-refractivity contribution in [3.05, 3.63) is 34.8 Å². The fraction of sp³-hybridized carbons (Fsp3) is 0.429. The van der Waals surface area contributed by atoms with Gasteiger partial charge in [-0.3, -0.25) is 0 Å². The zero-order chi connectivity index (χ0) is 13.1. The maximum atomic E-state index is 13.5. The predicted octanol–water partition coefficient (Wildman–Crippen LogP) is 3.14. The van der Waals surface area contributed by atoms with E-state index in [0.29, 0.717) is 13.2 Å². The number of furan rings is 1. The highest BCUT2D eigenvalue weighted by molar-refractivity contribution is 5.85. The topological polar surface area (TPSA) is 34.4 Å². The molecular weight excluding hydrogens is 233 g/mol. The Balaban J connectivity index is 2.55. The van der Waals surface area contributed by atoms with Crippen molar-refractivity contribution in [2.45, 2.75) is 27.0 Å². The highest BCUT2D eigenvalue weighted by Crippen LogP contribution is 2.30. The molecule has 0 saturated heterocycles. The smallest absolute Gasteiger partial charge is 0.137 e. The minimum Gasteiger partial charge on any atom is -0.459 e. The van der Waals surface area contributed by atoms with Crippen LogP contribution in [0, 0.1) is 12.7 Å². The van der Waals surface area contributed by atoms with Gasteiger partial charge in [-0.1, -0.05) is 6.92 Å². The van der Waals surface area contributed by atoms with E-state index < -0.39 is 0 Å². The first-order valence-electron chi connectivity index (χ1n) is 6.07. The molecule has 0 unspecified atom stereocenters. The van der Waals surface area contributed by atoms with E-state index >= 15 is 0 Å². The van der Waals surface area contributed by atoms with Crippen molar-refractivity contribution in [3.8, 4) is 0 Å². The van der Waals surface area contributed by atoms with Crippen LogP contribution in [0.25, 0.3) is 11.0 Å². The van der Waals surface area contributed by atoms with Gasteiger partial charge in [-0.2, -0.15) is 0 Å². The van der Waals surface area contributed by atoms with Crippen LogP contribution in [0.4, 0.5) is 4.39 Å². The molecule has 1 heterocycles. The van der Waals surface area contributed by atoms with E-state index in [1.165, 1.54) is 12.1 Å². The fourth-order valence-electron chi connectivity index (χ4n) is 2.11. The van der Waals surface area contributed by atoms with Gasteiger partial charge in [0.15, 0.2) is 0 Å². The number of methoxy groups -OCH3 is 1. The maximum Gasteiger partial charge on any atom is 0.137 e. The van der Waals surface area contributed by atoms with Gasteiger partial charge in [-0.15, -0.1) is 0 Å². The van der Waals surface area contributed by atoms with Gasteiger partial charge in [-0.05, 0) is 31.2 Å². The van der Waals surface area contributed by atoms with E-state index in [0.717, 1.165) is 34.4 Å². The van der Waals surface area contributed by atoms with Gasteiger partial charge in [-0.25, -0.2) is 4.39 Å². The summed E-state index contributed by atoms with van der Waals surface area (Å²) in [5.74, 6) is 0.579. The Morgan fingerprint density at radius 2 is 2.17 bits per heavy atom. The third-order valence-electron chi connectivity index (χ3n) is 2.95. The molecule has 1 aromatic heterocycles. The minimum atomic E-state index is -0.242. The summed E-state index contributed by atoms with van der Waals surface area (Å²) in [5, 5.41) is 4.02. The number of nitrogens with one attached hydrogen (secondary N) is 1. The fourth-order valence-corrected chi connectivity index (χ4v) is 2.11. The van der Waals surface area contributed by atoms with Crippen molar-refractivity contribution >= 4 is 11.0 Å². The van der Waals surface area contributed by atoms with Crippen molar-refractivity contribution in [3.63, 3.8) is 0 Å². The van der Waals surface area contributed by atoms with Crippen molar-refractivity contribution in [2.75, 3.05) is 13.7 Å². The Hall–Kier alpha value is -1.39. The predicted molar refractivity (Wildman–Crippen MR) is 69.0 cm³/mol. The second-order valence-corrected chi connectivity index (χ2v) is 4.32. The molecule has 0 bridgehead atoms. The van der Waals surface area contributed by atoms with Crippen LogP contribution >= 0.6 is 0 Å². The molecule has 0 amide bonds. The average molecular weight is 251 g/mol. The lowest BCUT2D eigenvalue weighted by Crippen LogP contribution is -2.12. The molecule has 0 fully saturated rings. The van der Waals surface area contributed by atoms with Gasteiger partial charge < -0.3 is 14.5 Å². The first-order valence-corrected chi connectivity index (χ1v) is 6.07. The second kappa shape index (κ2) is 5.50. The van der Waals surface area contributed by atoms with Crippen LogP contribution in [-0.2, 0) is 17.9 Å². The molecule has 18 heavy (non-hydrogen) atoms. The number of halogens is 1. The number of hydrogen-bond acceptors (Lipinski definition) is 3. The second-order valence-electron chi connectivity index (χ2n) is 4.32. The standard InChI is InChI=1S/C14H18FNO2/c1-4-16-7-13-12(8-17-3)11-6-10(15)5-9(2)14(11)18-13/h5-6,16H,4,7-8H2,1-3H3. The van der Waals surface area contributed by atoms with Crippen LogP contribution in [0.5, 0.6) is 0 Å². The molecule has 0 atom stereocenters. The SMILES string of the molecule is CCNCc1oc2c(C)cc(F)cc2c1COC. The summed E-state index contributed by atoms with van der Waals surface area (Å²) >= 11 is 0. The van der Waals surface area contributed by atoms with Gasteiger partial charge in [0.05, 0.1) is 13.2 Å². The Morgan fingerprint density at radius 1 is 1.39 bits per heavy atom. The molecule has 4 heteroatoms. The molecule has 2 aromatic rings. The van der Waals surface area contributed by atoms with Gasteiger partial charge in [0, 0.05) is 18.1 Å². The monoisotopic (exact) mass is 251 g/mol. The third-order valence-corrected chi connectivity index (χ3v) is 2.95. The quantitative estimate of drug-likeness (QED) is 0.886. The molecule has 98 valence electrons. The summed E-state index contributed by atoms with van der Waals surface area (Å²) in [5.41, 5.74) is 2.48. The Kier molecular flexibility index (Phi) is 3.99. The van der Waals surface area contributed by atoms with Gasteiger partial charge >= 0.3 is 0 Å². The largest absolute Gasteiger partial charge is 0.459 e. The van der Waals surface area contributed by atoms with Crippen molar-refractivity contribution < 1.29 is 13.5 Å². The third kappa shape index (κ3) is 2.40. The van der Waals surface area contributed by atoms with Crippen LogP contribution < -0.4 is 5.32 Å². The molecule has 0 radical (unpaired) electrons. The van der Waals surface area contributed by atoms with E-state index in [9.17, 15) is 4.39 Å². The molecule has 0 aliphatic rings. The van der Waals surface area contributed by atoms with Crippen LogP contribution in [0.15, 0.2) is 16.5 Å². The number of hydrogen-bond donors (Lipinski definition) is 1. The van der Waals surface area contributed by atoms with Crippen molar-refractivity contribution in [1.82, 2.24) is 5.32 Å². The number of fused-ring (bicyclic) bond motifs is 1. The van der Waals surface area contributed by atoms with Crippen molar-refractivity contribution in [1.29, 1.82) is 0 Å². The molecule has 1 N–H and O–H groups in total. The van der Waals surface area contributed by atoms with E-state index in [-0.39, 0.29) is 5.82 Å². The van der Waals surface area contributed by atoms with Crippen LogP contribution in [0.3, 0.4) is 0 Å². The summed E-state index contributed by atoms with van der Waals surface area (Å²) in [7, 11) is 1.63. The van der Waals surface area contributed by atoms with Crippen molar-refractivity contribution in [2.24, 2.45) is 0 Å². The zero-order valence-electron chi connectivity index (χ0n) is 11.0. The van der Waals surface area contributed by atoms with E-state index in [2.05, 4.69) is 5.32 Å². The Labute approximate surface area is 106 Å². The molecule has 0 aliphatic carbocycles. The number of benzene rings is 1. The first-order chi connectivity index (χ1) is 8.67. The van der Waals surface area contributed by atoms with E-state index in [1.807, 2.05) is 13.8 Å². The molecule has 2 rings (SSSR count).